The highest BCUT2D eigenvalue weighted by atomic mass is 15.1. The minimum Gasteiger partial charge on any atom is -0.295 e. The molecule has 0 N–H and O–H groups in total. The smallest absolute Gasteiger partial charge is 0.0719 e. The molecule has 0 amide bonds. The van der Waals surface area contributed by atoms with Crippen molar-refractivity contribution in [2.24, 2.45) is 0 Å². The molecule has 1 heteroatoms. The molecule has 398 valence electrons. The van der Waals surface area contributed by atoms with Crippen molar-refractivity contribution < 1.29 is 0 Å². The lowest BCUT2D eigenvalue weighted by Gasteiger charge is -2.40. The maximum Gasteiger partial charge on any atom is 0.0719 e. The van der Waals surface area contributed by atoms with Crippen LogP contribution in [0.1, 0.15) is 198 Å². The summed E-state index contributed by atoms with van der Waals surface area (Å²) in [6.45, 7) is 41.8. The van der Waals surface area contributed by atoms with E-state index in [0.717, 1.165) is 32.5 Å². The quantitative estimate of drug-likeness (QED) is 0.166. The Morgan fingerprint density at radius 3 is 1.20 bits per heavy atom. The molecule has 1 nitrogen and oxygen atoms in total. The number of hydrogen-bond acceptors (Lipinski definition) is 1. The van der Waals surface area contributed by atoms with Crippen molar-refractivity contribution in [3.8, 4) is 33.4 Å². The van der Waals surface area contributed by atoms with Crippen LogP contribution in [0.3, 0.4) is 0 Å². The second kappa shape index (κ2) is 31.6. The number of fused-ring (bicyclic) bond motifs is 15. The molecule has 0 radical (unpaired) electrons. The van der Waals surface area contributed by atoms with E-state index >= 15 is 0 Å². The van der Waals surface area contributed by atoms with Gasteiger partial charge in [0, 0.05) is 18.5 Å². The molecule has 0 aromatic heterocycles. The highest BCUT2D eigenvalue weighted by molar-refractivity contribution is 5.88. The molecule has 0 heterocycles. The molecule has 4 aliphatic carbocycles. The van der Waals surface area contributed by atoms with Gasteiger partial charge in [-0.2, -0.15) is 0 Å². The third-order valence-electron chi connectivity index (χ3n) is 14.0. The SMILES string of the molecule is CC.CC.CC.CC.CC.CC.CC.CC.CC1(C)c2ccccc2-c2ccccc21.CCN(Cc1ccc2c(c1)C1(c3ccccc3C2)c2ccccc2-c2ccccc21)Cc1cccc2c1-c1ccccc1C2. The van der Waals surface area contributed by atoms with Crippen molar-refractivity contribution in [1.82, 2.24) is 4.90 Å². The summed E-state index contributed by atoms with van der Waals surface area (Å²) < 4.78 is 0. The van der Waals surface area contributed by atoms with Crippen LogP contribution in [0.15, 0.2) is 182 Å². The molecule has 0 atom stereocenters. The van der Waals surface area contributed by atoms with Crippen LogP contribution in [-0.2, 0) is 36.8 Å². The summed E-state index contributed by atoms with van der Waals surface area (Å²) >= 11 is 0. The minimum atomic E-state index is -0.297. The summed E-state index contributed by atoms with van der Waals surface area (Å²) in [5.41, 5.74) is 25.5. The predicted molar refractivity (Wildman–Crippen MR) is 336 cm³/mol. The lowest BCUT2D eigenvalue weighted by atomic mass is 9.61. The zero-order valence-corrected chi connectivity index (χ0v) is 50.3. The van der Waals surface area contributed by atoms with E-state index in [1.54, 1.807) is 0 Å². The van der Waals surface area contributed by atoms with Gasteiger partial charge in [-0.25, -0.2) is 0 Å². The fourth-order valence-electron chi connectivity index (χ4n) is 11.3. The van der Waals surface area contributed by atoms with Crippen LogP contribution in [0.4, 0.5) is 0 Å². The first kappa shape index (κ1) is 63.0. The monoisotopic (exact) mass is 1000 g/mol. The summed E-state index contributed by atoms with van der Waals surface area (Å²) in [6.07, 6.45) is 2.02. The number of hydrogen-bond donors (Lipinski definition) is 0. The van der Waals surface area contributed by atoms with Crippen molar-refractivity contribution in [3.05, 3.63) is 249 Å². The molecule has 8 aromatic carbocycles. The van der Waals surface area contributed by atoms with Crippen LogP contribution in [0.5, 0.6) is 0 Å². The van der Waals surface area contributed by atoms with E-state index in [9.17, 15) is 0 Å². The number of benzene rings is 8. The molecule has 12 rings (SSSR count). The molecule has 0 saturated heterocycles. The number of nitrogens with zero attached hydrogens (tertiary/aromatic N) is 1. The highest BCUT2D eigenvalue weighted by Crippen LogP contribution is 2.59. The largest absolute Gasteiger partial charge is 0.295 e. The van der Waals surface area contributed by atoms with Crippen molar-refractivity contribution in [2.45, 2.75) is 168 Å². The van der Waals surface area contributed by atoms with Crippen molar-refractivity contribution in [1.29, 1.82) is 0 Å². The maximum absolute atomic E-state index is 2.61. The highest BCUT2D eigenvalue weighted by Gasteiger charge is 2.49. The topological polar surface area (TPSA) is 3.24 Å². The Bertz CT molecular complexity index is 2830. The zero-order valence-electron chi connectivity index (χ0n) is 50.3. The van der Waals surface area contributed by atoms with Crippen LogP contribution in [0, 0.1) is 0 Å². The molecule has 75 heavy (non-hydrogen) atoms. The second-order valence-corrected chi connectivity index (χ2v) is 17.5. The fourth-order valence-corrected chi connectivity index (χ4v) is 11.3. The Hall–Kier alpha value is -6.28. The van der Waals surface area contributed by atoms with Gasteiger partial charge in [-0.05, 0) is 120 Å². The lowest BCUT2D eigenvalue weighted by Crippen LogP contribution is -2.34. The Morgan fingerprint density at radius 2 is 0.707 bits per heavy atom. The van der Waals surface area contributed by atoms with E-state index in [2.05, 4.69) is 208 Å². The third kappa shape index (κ3) is 12.5. The van der Waals surface area contributed by atoms with Gasteiger partial charge >= 0.3 is 0 Å². The Morgan fingerprint density at radius 1 is 0.333 bits per heavy atom. The molecule has 0 fully saturated rings. The normalized spacial score (nSPS) is 12.3. The molecule has 0 aliphatic heterocycles. The van der Waals surface area contributed by atoms with Gasteiger partial charge in [-0.3, -0.25) is 4.90 Å². The average Bonchev–Trinajstić information content (AvgIpc) is 4.12. The summed E-state index contributed by atoms with van der Waals surface area (Å²) in [5.74, 6) is 0. The second-order valence-electron chi connectivity index (χ2n) is 17.5. The van der Waals surface area contributed by atoms with Gasteiger partial charge < -0.3 is 0 Å². The van der Waals surface area contributed by atoms with E-state index in [1.807, 2.05) is 111 Å². The molecule has 8 aromatic rings. The van der Waals surface area contributed by atoms with Crippen LogP contribution in [0.2, 0.25) is 0 Å². The predicted octanol–water partition coefficient (Wildman–Crippen LogP) is 21.7. The first-order valence-corrected chi connectivity index (χ1v) is 29.5. The summed E-state index contributed by atoms with van der Waals surface area (Å²) in [4.78, 5) is 2.61. The summed E-state index contributed by atoms with van der Waals surface area (Å²) in [6, 6.07) is 68.1. The lowest BCUT2D eigenvalue weighted by molar-refractivity contribution is 0.271. The van der Waals surface area contributed by atoms with Crippen LogP contribution in [0.25, 0.3) is 33.4 Å². The first-order chi connectivity index (χ1) is 37.0. The van der Waals surface area contributed by atoms with Gasteiger partial charge in [0.1, 0.15) is 0 Å². The fraction of sp³-hybridized carbons (Fsp3) is 0.351. The number of rotatable bonds is 5. The van der Waals surface area contributed by atoms with E-state index < -0.39 is 0 Å². The zero-order chi connectivity index (χ0) is 55.7. The van der Waals surface area contributed by atoms with Crippen molar-refractivity contribution >= 4 is 0 Å². The Balaban J connectivity index is 0.000000399. The van der Waals surface area contributed by atoms with Gasteiger partial charge in [0.15, 0.2) is 0 Å². The van der Waals surface area contributed by atoms with Crippen molar-refractivity contribution in [2.75, 3.05) is 6.54 Å². The van der Waals surface area contributed by atoms with E-state index in [1.165, 1.54) is 100 Å². The molecule has 4 aliphatic rings. The third-order valence-corrected chi connectivity index (χ3v) is 14.0. The van der Waals surface area contributed by atoms with E-state index in [0.29, 0.717) is 0 Å². The average molecular weight is 1000 g/mol. The molecule has 1 spiro atoms. The van der Waals surface area contributed by atoms with E-state index in [-0.39, 0.29) is 10.8 Å². The standard InChI is InChI=1S/C43H35N.C15H14.8C2H6/c1-2-44(28-34-15-11-14-33-25-30-12-3-5-16-35(30)42(33)34)27-29-22-23-32-26-31-13-4-8-19-38(31)43(41(32)24-29)39-20-9-6-17-36(39)37-18-7-10-21-40(37)43;1-15(2)13-9-5-3-7-11(13)12-8-4-6-10-14(12)15;8*1-2/h3-24H,2,25-28H2,1H3;3-10H,1-2H3;8*1-2H3. The van der Waals surface area contributed by atoms with E-state index in [4.69, 9.17) is 0 Å². The summed E-state index contributed by atoms with van der Waals surface area (Å²) in [5, 5.41) is 0. The summed E-state index contributed by atoms with van der Waals surface area (Å²) in [7, 11) is 0. The molecular formula is C74H97N. The Labute approximate surface area is 459 Å². The Kier molecular flexibility index (Phi) is 26.5. The van der Waals surface area contributed by atoms with Crippen LogP contribution in [-0.4, -0.2) is 11.4 Å². The van der Waals surface area contributed by atoms with Crippen LogP contribution < -0.4 is 0 Å². The van der Waals surface area contributed by atoms with Crippen molar-refractivity contribution in [3.63, 3.8) is 0 Å². The van der Waals surface area contributed by atoms with Gasteiger partial charge in [-0.1, -0.05) is 314 Å². The van der Waals surface area contributed by atoms with Gasteiger partial charge in [-0.15, -0.1) is 0 Å². The van der Waals surface area contributed by atoms with Gasteiger partial charge in [0.2, 0.25) is 0 Å². The van der Waals surface area contributed by atoms with Gasteiger partial charge in [0.25, 0.3) is 0 Å². The van der Waals surface area contributed by atoms with Crippen LogP contribution >= 0.6 is 0 Å². The molecule has 0 bridgehead atoms. The first-order valence-electron chi connectivity index (χ1n) is 29.5. The molecule has 0 unspecified atom stereocenters. The molecular weight excluding hydrogens is 903 g/mol. The van der Waals surface area contributed by atoms with Gasteiger partial charge in [0.05, 0.1) is 5.41 Å². The molecule has 0 saturated carbocycles. The maximum atomic E-state index is 2.61. The minimum absolute atomic E-state index is 0.160.